The summed E-state index contributed by atoms with van der Waals surface area (Å²) in [4.78, 5) is 65.4. The fourth-order valence-corrected chi connectivity index (χ4v) is 5.07. The van der Waals surface area contributed by atoms with Crippen molar-refractivity contribution in [2.45, 2.75) is 119 Å². The predicted octanol–water partition coefficient (Wildman–Crippen LogP) is 5.67. The third-order valence-electron chi connectivity index (χ3n) is 6.82. The monoisotopic (exact) mass is 586 g/mol. The zero-order valence-corrected chi connectivity index (χ0v) is 26.6. The van der Waals surface area contributed by atoms with Crippen molar-refractivity contribution >= 4 is 30.2 Å². The van der Waals surface area contributed by atoms with Gasteiger partial charge >= 0.3 is 23.9 Å². The third-order valence-corrected chi connectivity index (χ3v) is 6.82. The van der Waals surface area contributed by atoms with Crippen LogP contribution in [0.25, 0.3) is 0 Å². The summed E-state index contributed by atoms with van der Waals surface area (Å²) >= 11 is 0. The average molecular weight is 587 g/mol. The van der Waals surface area contributed by atoms with Crippen molar-refractivity contribution in [1.29, 1.82) is 0 Å². The zero-order chi connectivity index (χ0) is 32.0. The molecule has 0 amide bonds. The first-order chi connectivity index (χ1) is 19.5. The number of carbonyl (C=O) groups excluding carboxylic acids is 5. The number of hydrogen-bond acceptors (Lipinski definition) is 9. The van der Waals surface area contributed by atoms with Crippen LogP contribution in [0.3, 0.4) is 0 Å². The molecule has 0 atom stereocenters. The Morgan fingerprint density at radius 3 is 1.12 bits per heavy atom. The van der Waals surface area contributed by atoms with Gasteiger partial charge in [0.1, 0.15) is 6.29 Å². The Bertz CT molecular complexity index is 1160. The molecular formula is C33H46O9. The van der Waals surface area contributed by atoms with Gasteiger partial charge in [0.25, 0.3) is 0 Å². The summed E-state index contributed by atoms with van der Waals surface area (Å²) in [6.07, 6.45) is 4.00. The lowest BCUT2D eigenvalue weighted by Crippen LogP contribution is -2.42. The molecule has 2 aliphatic carbocycles. The summed E-state index contributed by atoms with van der Waals surface area (Å²) in [6, 6.07) is 0. The van der Waals surface area contributed by atoms with E-state index in [1.165, 1.54) is 0 Å². The lowest BCUT2D eigenvalue weighted by molar-refractivity contribution is -0.178. The van der Waals surface area contributed by atoms with E-state index in [0.717, 1.165) is 11.1 Å². The largest absolute Gasteiger partial charge is 0.462 e. The van der Waals surface area contributed by atoms with Crippen LogP contribution < -0.4 is 0 Å². The maximum absolute atomic E-state index is 13.4. The molecule has 0 aliphatic heterocycles. The SMILES string of the molecule is CC(C)=CC1=C(/C=C/C2=C(C=O)CC(C(=O)OC(C)C)(C(=O)OC(C)C)C2)CC(C(=O)OC(C)C)(C(=O)OC(C)C)C1. The van der Waals surface area contributed by atoms with Crippen molar-refractivity contribution < 1.29 is 42.9 Å². The van der Waals surface area contributed by atoms with Crippen molar-refractivity contribution in [3.8, 4) is 0 Å². The molecular weight excluding hydrogens is 540 g/mol. The van der Waals surface area contributed by atoms with Gasteiger partial charge in [-0.2, -0.15) is 0 Å². The van der Waals surface area contributed by atoms with Crippen molar-refractivity contribution in [3.05, 3.63) is 46.1 Å². The van der Waals surface area contributed by atoms with E-state index in [1.54, 1.807) is 67.5 Å². The molecule has 0 fully saturated rings. The number of allylic oxidation sites excluding steroid dienone is 8. The van der Waals surface area contributed by atoms with Gasteiger partial charge in [0.15, 0.2) is 10.8 Å². The first-order valence-corrected chi connectivity index (χ1v) is 14.5. The van der Waals surface area contributed by atoms with Gasteiger partial charge in [-0.15, -0.1) is 0 Å². The summed E-state index contributed by atoms with van der Waals surface area (Å²) in [5, 5.41) is 0. The van der Waals surface area contributed by atoms with Gasteiger partial charge in [0.05, 0.1) is 24.4 Å². The minimum Gasteiger partial charge on any atom is -0.462 e. The van der Waals surface area contributed by atoms with Gasteiger partial charge in [-0.3, -0.25) is 24.0 Å². The molecule has 0 saturated heterocycles. The molecule has 0 aromatic carbocycles. The van der Waals surface area contributed by atoms with Gasteiger partial charge in [-0.05, 0) is 111 Å². The van der Waals surface area contributed by atoms with Crippen LogP contribution in [0.5, 0.6) is 0 Å². The summed E-state index contributed by atoms with van der Waals surface area (Å²) in [5.41, 5.74) is -0.114. The normalized spacial score (nSPS) is 17.9. The highest BCUT2D eigenvalue weighted by Gasteiger charge is 2.55. The predicted molar refractivity (Wildman–Crippen MR) is 157 cm³/mol. The van der Waals surface area contributed by atoms with Crippen molar-refractivity contribution in [2.24, 2.45) is 10.8 Å². The standard InChI is InChI=1S/C33H46O9/c1-19(2)13-26-16-32(28(35)39-20(3)4,29(36)40-21(5)6)14-24(26)11-12-25-15-33(17-27(25)18-34,30(37)41-22(7)8)31(38)42-23(9)10/h11-13,18,20-23H,14-17H2,1-10H3/b12-11+. The lowest BCUT2D eigenvalue weighted by atomic mass is 9.83. The maximum atomic E-state index is 13.4. The smallest absolute Gasteiger partial charge is 0.324 e. The lowest BCUT2D eigenvalue weighted by Gasteiger charge is -2.27. The molecule has 0 aromatic rings. The fourth-order valence-electron chi connectivity index (χ4n) is 5.07. The molecule has 0 spiro atoms. The van der Waals surface area contributed by atoms with E-state index in [0.29, 0.717) is 17.4 Å². The second-order valence-corrected chi connectivity index (χ2v) is 12.5. The van der Waals surface area contributed by atoms with E-state index in [1.807, 2.05) is 19.9 Å². The molecule has 0 heterocycles. The van der Waals surface area contributed by atoms with Crippen LogP contribution in [0, 0.1) is 10.8 Å². The summed E-state index contributed by atoms with van der Waals surface area (Å²) in [7, 11) is 0. The number of aldehydes is 1. The second-order valence-electron chi connectivity index (χ2n) is 12.5. The molecule has 9 nitrogen and oxygen atoms in total. The average Bonchev–Trinajstić information content (AvgIpc) is 3.41. The maximum Gasteiger partial charge on any atom is 0.324 e. The van der Waals surface area contributed by atoms with E-state index in [9.17, 15) is 24.0 Å². The van der Waals surface area contributed by atoms with Crippen LogP contribution in [0.2, 0.25) is 0 Å². The van der Waals surface area contributed by atoms with Gasteiger partial charge in [0, 0.05) is 6.42 Å². The minimum absolute atomic E-state index is 0.0271. The number of esters is 4. The molecule has 0 saturated carbocycles. The van der Waals surface area contributed by atoms with Gasteiger partial charge in [-0.1, -0.05) is 23.8 Å². The van der Waals surface area contributed by atoms with Crippen LogP contribution in [-0.4, -0.2) is 54.6 Å². The summed E-state index contributed by atoms with van der Waals surface area (Å²) < 4.78 is 21.9. The van der Waals surface area contributed by atoms with Crippen molar-refractivity contribution in [3.63, 3.8) is 0 Å². The van der Waals surface area contributed by atoms with E-state index in [2.05, 4.69) is 0 Å². The molecule has 2 rings (SSSR count). The molecule has 0 unspecified atom stereocenters. The highest BCUT2D eigenvalue weighted by Crippen LogP contribution is 2.48. The number of ether oxygens (including phenoxy) is 4. The number of carbonyl (C=O) groups is 5. The highest BCUT2D eigenvalue weighted by atomic mass is 16.6. The fraction of sp³-hybridized carbons (Fsp3) is 0.606. The van der Waals surface area contributed by atoms with E-state index in [4.69, 9.17) is 18.9 Å². The number of rotatable bonds is 12. The van der Waals surface area contributed by atoms with E-state index in [-0.39, 0.29) is 31.3 Å². The molecule has 0 bridgehead atoms. The van der Waals surface area contributed by atoms with Crippen LogP contribution in [0.1, 0.15) is 94.9 Å². The Hall–Kier alpha value is -3.49. The Morgan fingerprint density at radius 1 is 0.548 bits per heavy atom. The third kappa shape index (κ3) is 8.07. The van der Waals surface area contributed by atoms with E-state index >= 15 is 0 Å². The highest BCUT2D eigenvalue weighted by molar-refractivity contribution is 6.04. The molecule has 0 aromatic heterocycles. The Labute approximate surface area is 249 Å². The van der Waals surface area contributed by atoms with Crippen LogP contribution in [-0.2, 0) is 42.9 Å². The molecule has 232 valence electrons. The Balaban J connectivity index is 2.56. The molecule has 2 aliphatic rings. The van der Waals surface area contributed by atoms with E-state index < -0.39 is 59.1 Å². The van der Waals surface area contributed by atoms with Gasteiger partial charge < -0.3 is 18.9 Å². The first kappa shape index (κ1) is 34.7. The summed E-state index contributed by atoms with van der Waals surface area (Å²) in [6.45, 7) is 17.4. The first-order valence-electron chi connectivity index (χ1n) is 14.5. The zero-order valence-electron chi connectivity index (χ0n) is 26.6. The molecule has 0 radical (unpaired) electrons. The number of hydrogen-bond donors (Lipinski definition) is 0. The molecule has 0 N–H and O–H groups in total. The van der Waals surface area contributed by atoms with Crippen molar-refractivity contribution in [2.75, 3.05) is 0 Å². The van der Waals surface area contributed by atoms with Gasteiger partial charge in [-0.25, -0.2) is 0 Å². The topological polar surface area (TPSA) is 122 Å². The van der Waals surface area contributed by atoms with Gasteiger partial charge in [0.2, 0.25) is 0 Å². The van der Waals surface area contributed by atoms with Crippen molar-refractivity contribution in [1.82, 2.24) is 0 Å². The Kier molecular flexibility index (Phi) is 11.7. The minimum atomic E-state index is -1.69. The van der Waals surface area contributed by atoms with Crippen LogP contribution >= 0.6 is 0 Å². The quantitative estimate of drug-likeness (QED) is 0.123. The summed E-state index contributed by atoms with van der Waals surface area (Å²) in [5.74, 6) is -2.82. The molecule has 42 heavy (non-hydrogen) atoms. The van der Waals surface area contributed by atoms with Crippen LogP contribution in [0.4, 0.5) is 0 Å². The second kappa shape index (κ2) is 14.1. The van der Waals surface area contributed by atoms with Crippen LogP contribution in [0.15, 0.2) is 46.1 Å². The molecule has 9 heteroatoms. The Morgan fingerprint density at radius 2 is 0.833 bits per heavy atom.